The standard InChI is InChI=1S/C18H17ClN2O7S/c1-11(22)20-12-2-5-14(6-3-12)29(27,28)21(9-8-17(23)24)13-4-7-16(19)15(10-13)18(25)26/h2-7,10H,8-9H2,1H3,(H,20,22)(H,23,24)(H,25,26). The van der Waals surface area contributed by atoms with E-state index in [4.69, 9.17) is 16.7 Å². The smallest absolute Gasteiger partial charge is 0.337 e. The fourth-order valence-electron chi connectivity index (χ4n) is 2.46. The van der Waals surface area contributed by atoms with Gasteiger partial charge in [0.1, 0.15) is 0 Å². The largest absolute Gasteiger partial charge is 0.481 e. The molecule has 0 aliphatic rings. The second-order valence-electron chi connectivity index (χ2n) is 5.90. The third kappa shape index (κ3) is 5.46. The lowest BCUT2D eigenvalue weighted by Gasteiger charge is -2.24. The molecule has 0 heterocycles. The van der Waals surface area contributed by atoms with Gasteiger partial charge in [0, 0.05) is 19.2 Å². The molecule has 154 valence electrons. The Labute approximate surface area is 171 Å². The van der Waals surface area contributed by atoms with E-state index in [0.717, 1.165) is 10.4 Å². The maximum Gasteiger partial charge on any atom is 0.337 e. The molecule has 0 aliphatic carbocycles. The minimum atomic E-state index is -4.23. The van der Waals surface area contributed by atoms with Crippen molar-refractivity contribution in [2.45, 2.75) is 18.2 Å². The maximum atomic E-state index is 13.1. The second kappa shape index (κ2) is 8.93. The van der Waals surface area contributed by atoms with Gasteiger partial charge >= 0.3 is 11.9 Å². The molecule has 29 heavy (non-hydrogen) atoms. The quantitative estimate of drug-likeness (QED) is 0.572. The fraction of sp³-hybridized carbons (Fsp3) is 0.167. The maximum absolute atomic E-state index is 13.1. The highest BCUT2D eigenvalue weighted by molar-refractivity contribution is 7.92. The third-order valence-corrected chi connectivity index (χ3v) is 5.93. The van der Waals surface area contributed by atoms with Crippen LogP contribution in [0.3, 0.4) is 0 Å². The molecule has 0 saturated heterocycles. The third-order valence-electron chi connectivity index (χ3n) is 3.76. The van der Waals surface area contributed by atoms with Crippen LogP contribution in [0.25, 0.3) is 0 Å². The molecule has 0 radical (unpaired) electrons. The van der Waals surface area contributed by atoms with Crippen LogP contribution >= 0.6 is 11.6 Å². The van der Waals surface area contributed by atoms with E-state index in [1.165, 1.54) is 43.3 Å². The van der Waals surface area contributed by atoms with E-state index in [0.29, 0.717) is 5.69 Å². The number of carboxylic acid groups (broad SMARTS) is 2. The highest BCUT2D eigenvalue weighted by Gasteiger charge is 2.27. The zero-order chi connectivity index (χ0) is 21.8. The van der Waals surface area contributed by atoms with Gasteiger partial charge < -0.3 is 15.5 Å². The van der Waals surface area contributed by atoms with E-state index >= 15 is 0 Å². The van der Waals surface area contributed by atoms with Gasteiger partial charge in [-0.1, -0.05) is 11.6 Å². The molecule has 0 atom stereocenters. The molecule has 2 aromatic carbocycles. The Morgan fingerprint density at radius 1 is 1.07 bits per heavy atom. The number of nitrogens with one attached hydrogen (secondary N) is 1. The number of carboxylic acids is 2. The number of hydrogen-bond acceptors (Lipinski definition) is 5. The van der Waals surface area contributed by atoms with Gasteiger partial charge in [-0.3, -0.25) is 13.9 Å². The summed E-state index contributed by atoms with van der Waals surface area (Å²) >= 11 is 5.84. The lowest BCUT2D eigenvalue weighted by atomic mass is 10.2. The van der Waals surface area contributed by atoms with Crippen molar-refractivity contribution in [2.24, 2.45) is 0 Å². The molecular formula is C18H17ClN2O7S. The van der Waals surface area contributed by atoms with E-state index in [9.17, 15) is 27.9 Å². The Morgan fingerprint density at radius 2 is 1.69 bits per heavy atom. The zero-order valence-corrected chi connectivity index (χ0v) is 16.7. The van der Waals surface area contributed by atoms with Crippen molar-refractivity contribution < 1.29 is 33.0 Å². The van der Waals surface area contributed by atoms with Gasteiger partial charge in [-0.05, 0) is 42.5 Å². The molecule has 0 unspecified atom stereocenters. The number of rotatable bonds is 8. The Balaban J connectivity index is 2.50. The molecule has 0 spiro atoms. The first-order valence-corrected chi connectivity index (χ1v) is 9.99. The normalized spacial score (nSPS) is 11.0. The summed E-state index contributed by atoms with van der Waals surface area (Å²) in [6.07, 6.45) is -0.506. The Kier molecular flexibility index (Phi) is 6.83. The van der Waals surface area contributed by atoms with Crippen molar-refractivity contribution in [3.8, 4) is 0 Å². The average molecular weight is 441 g/mol. The molecule has 3 N–H and O–H groups in total. The van der Waals surface area contributed by atoms with Gasteiger partial charge in [0.15, 0.2) is 0 Å². The van der Waals surface area contributed by atoms with E-state index in [-0.39, 0.29) is 27.1 Å². The minimum Gasteiger partial charge on any atom is -0.481 e. The van der Waals surface area contributed by atoms with Crippen molar-refractivity contribution in [1.82, 2.24) is 0 Å². The molecular weight excluding hydrogens is 424 g/mol. The van der Waals surface area contributed by atoms with Gasteiger partial charge in [0.2, 0.25) is 5.91 Å². The number of aromatic carboxylic acids is 1. The number of carbonyl (C=O) groups is 3. The van der Waals surface area contributed by atoms with Crippen molar-refractivity contribution in [2.75, 3.05) is 16.2 Å². The van der Waals surface area contributed by atoms with Crippen LogP contribution in [0.4, 0.5) is 11.4 Å². The number of halogens is 1. The number of benzene rings is 2. The van der Waals surface area contributed by atoms with Crippen molar-refractivity contribution in [1.29, 1.82) is 0 Å². The molecule has 11 heteroatoms. The number of carbonyl (C=O) groups excluding carboxylic acids is 1. The van der Waals surface area contributed by atoms with Gasteiger partial charge in [-0.2, -0.15) is 0 Å². The first-order chi connectivity index (χ1) is 13.5. The van der Waals surface area contributed by atoms with E-state index in [1.807, 2.05) is 0 Å². The predicted molar refractivity (Wildman–Crippen MR) is 106 cm³/mol. The molecule has 0 bridgehead atoms. The minimum absolute atomic E-state index is 0.0426. The molecule has 2 rings (SSSR count). The summed E-state index contributed by atoms with van der Waals surface area (Å²) in [5.41, 5.74) is 0.0212. The first kappa shape index (κ1) is 22.2. The number of hydrogen-bond donors (Lipinski definition) is 3. The highest BCUT2D eigenvalue weighted by Crippen LogP contribution is 2.29. The van der Waals surface area contributed by atoms with Gasteiger partial charge in [-0.15, -0.1) is 0 Å². The number of amides is 1. The lowest BCUT2D eigenvalue weighted by Crippen LogP contribution is -2.33. The monoisotopic (exact) mass is 440 g/mol. The number of anilines is 2. The SMILES string of the molecule is CC(=O)Nc1ccc(S(=O)(=O)N(CCC(=O)O)c2ccc(Cl)c(C(=O)O)c2)cc1. The molecule has 9 nitrogen and oxygen atoms in total. The Bertz CT molecular complexity index is 1050. The summed E-state index contributed by atoms with van der Waals surface area (Å²) in [4.78, 5) is 33.3. The molecule has 1 amide bonds. The highest BCUT2D eigenvalue weighted by atomic mass is 35.5. The molecule has 2 aromatic rings. The van der Waals surface area contributed by atoms with Crippen molar-refractivity contribution in [3.63, 3.8) is 0 Å². The summed E-state index contributed by atoms with van der Waals surface area (Å²) in [6.45, 7) is 0.880. The number of aliphatic carboxylic acids is 1. The summed E-state index contributed by atoms with van der Waals surface area (Å²) in [5.74, 6) is -2.91. The predicted octanol–water partition coefficient (Wildman–Crippen LogP) is 2.67. The lowest BCUT2D eigenvalue weighted by molar-refractivity contribution is -0.136. The molecule has 0 aliphatic heterocycles. The van der Waals surface area contributed by atoms with Crippen molar-refractivity contribution >= 4 is 50.8 Å². The summed E-state index contributed by atoms with van der Waals surface area (Å²) in [7, 11) is -4.23. The zero-order valence-electron chi connectivity index (χ0n) is 15.1. The summed E-state index contributed by atoms with van der Waals surface area (Å²) < 4.78 is 27.0. The van der Waals surface area contributed by atoms with Crippen LogP contribution in [0.15, 0.2) is 47.4 Å². The molecule has 0 fully saturated rings. The van der Waals surface area contributed by atoms with Crippen LogP contribution in [0, 0.1) is 0 Å². The first-order valence-electron chi connectivity index (χ1n) is 8.17. The topological polar surface area (TPSA) is 141 Å². The summed E-state index contributed by atoms with van der Waals surface area (Å²) in [6, 6.07) is 8.85. The average Bonchev–Trinajstić information content (AvgIpc) is 2.62. The molecule has 0 aromatic heterocycles. The Hall–Kier alpha value is -3.11. The van der Waals surface area contributed by atoms with Gasteiger partial charge in [-0.25, -0.2) is 13.2 Å². The second-order valence-corrected chi connectivity index (χ2v) is 8.17. The van der Waals surface area contributed by atoms with Crippen LogP contribution in [0.1, 0.15) is 23.7 Å². The van der Waals surface area contributed by atoms with Crippen LogP contribution in [-0.2, 0) is 19.6 Å². The fourth-order valence-corrected chi connectivity index (χ4v) is 4.11. The van der Waals surface area contributed by atoms with Gasteiger partial charge in [0.25, 0.3) is 10.0 Å². The molecule has 0 saturated carbocycles. The van der Waals surface area contributed by atoms with E-state index < -0.39 is 34.9 Å². The number of sulfonamides is 1. The Morgan fingerprint density at radius 3 is 2.21 bits per heavy atom. The van der Waals surface area contributed by atoms with Crippen LogP contribution < -0.4 is 9.62 Å². The van der Waals surface area contributed by atoms with E-state index in [2.05, 4.69) is 5.32 Å². The van der Waals surface area contributed by atoms with Crippen molar-refractivity contribution in [3.05, 3.63) is 53.1 Å². The van der Waals surface area contributed by atoms with Gasteiger partial charge in [0.05, 0.1) is 27.6 Å². The van der Waals surface area contributed by atoms with Crippen LogP contribution in [0.2, 0.25) is 5.02 Å². The summed E-state index contributed by atoms with van der Waals surface area (Å²) in [5, 5.41) is 20.6. The van der Waals surface area contributed by atoms with Crippen LogP contribution in [-0.4, -0.2) is 43.0 Å². The number of nitrogens with zero attached hydrogens (tertiary/aromatic N) is 1. The van der Waals surface area contributed by atoms with E-state index in [1.54, 1.807) is 0 Å². The van der Waals surface area contributed by atoms with Crippen LogP contribution in [0.5, 0.6) is 0 Å².